The Morgan fingerprint density at radius 3 is 2.50 bits per heavy atom. The Bertz CT molecular complexity index is 1720. The zero-order chi connectivity index (χ0) is 32.6. The van der Waals surface area contributed by atoms with Crippen molar-refractivity contribution < 1.29 is 28.7 Å². The van der Waals surface area contributed by atoms with Gasteiger partial charge in [-0.25, -0.2) is 4.79 Å². The molecule has 0 radical (unpaired) electrons. The number of hydrogen-bond donors (Lipinski definition) is 0. The number of benzene rings is 3. The van der Waals surface area contributed by atoms with Crippen LogP contribution in [0, 0.1) is 10.1 Å². The number of carbonyl (C=O) groups is 1. The highest BCUT2D eigenvalue weighted by atomic mass is 32.1. The van der Waals surface area contributed by atoms with Crippen molar-refractivity contribution in [3.8, 4) is 11.5 Å². The Labute approximate surface area is 272 Å². The third kappa shape index (κ3) is 7.05. The van der Waals surface area contributed by atoms with Gasteiger partial charge in [0.1, 0.15) is 5.00 Å². The van der Waals surface area contributed by atoms with E-state index in [1.807, 2.05) is 61.5 Å². The molecule has 0 spiro atoms. The van der Waals surface area contributed by atoms with Crippen LogP contribution < -0.4 is 14.4 Å². The van der Waals surface area contributed by atoms with Gasteiger partial charge in [-0.2, -0.15) is 4.37 Å². The van der Waals surface area contributed by atoms with Crippen LogP contribution in [0.25, 0.3) is 0 Å². The second kappa shape index (κ2) is 15.0. The number of carbonyl (C=O) groups excluding carboxylic acids is 1. The molecule has 10 nitrogen and oxygen atoms in total. The summed E-state index contributed by atoms with van der Waals surface area (Å²) < 4.78 is 27.4. The summed E-state index contributed by atoms with van der Waals surface area (Å²) in [5.74, 6) is 0.141. The average molecular weight is 644 g/mol. The lowest BCUT2D eigenvalue weighted by Gasteiger charge is -2.36. The maximum atomic E-state index is 13.8. The van der Waals surface area contributed by atoms with Gasteiger partial charge >= 0.3 is 5.97 Å². The maximum absolute atomic E-state index is 13.8. The Morgan fingerprint density at radius 1 is 1.00 bits per heavy atom. The third-order valence-corrected chi connectivity index (χ3v) is 8.84. The predicted octanol–water partition coefficient (Wildman–Crippen LogP) is 7.21. The molecule has 2 heterocycles. The first kappa shape index (κ1) is 32.6. The molecule has 1 atom stereocenters. The topological polar surface area (TPSA) is 113 Å². The fourth-order valence-corrected chi connectivity index (χ4v) is 6.74. The molecule has 0 N–H and O–H groups in total. The molecule has 240 valence electrons. The Morgan fingerprint density at radius 2 is 1.78 bits per heavy atom. The van der Waals surface area contributed by atoms with E-state index < -0.39 is 16.8 Å². The number of nitro benzene ring substituents is 1. The van der Waals surface area contributed by atoms with Gasteiger partial charge in [-0.3, -0.25) is 10.1 Å². The highest BCUT2D eigenvalue weighted by Crippen LogP contribution is 2.50. The number of rotatable bonds is 14. The molecule has 1 aliphatic heterocycles. The van der Waals surface area contributed by atoms with Gasteiger partial charge in [-0.05, 0) is 67.0 Å². The van der Waals surface area contributed by atoms with Crippen molar-refractivity contribution in [3.63, 3.8) is 0 Å². The quantitative estimate of drug-likeness (QED) is 0.0609. The fraction of sp³-hybridized carbons (Fsp3) is 0.314. The van der Waals surface area contributed by atoms with Crippen LogP contribution in [-0.2, 0) is 33.8 Å². The monoisotopic (exact) mass is 643 g/mol. The van der Waals surface area contributed by atoms with E-state index in [-0.39, 0.29) is 12.3 Å². The molecule has 1 unspecified atom stereocenters. The van der Waals surface area contributed by atoms with Gasteiger partial charge in [-0.15, -0.1) is 0 Å². The number of anilines is 1. The van der Waals surface area contributed by atoms with Crippen LogP contribution in [0.15, 0.2) is 84.1 Å². The van der Waals surface area contributed by atoms with Crippen LogP contribution >= 0.6 is 11.5 Å². The molecule has 0 fully saturated rings. The number of aromatic nitrogens is 1. The van der Waals surface area contributed by atoms with Crippen LogP contribution in [0.1, 0.15) is 54.1 Å². The lowest BCUT2D eigenvalue weighted by Crippen LogP contribution is -2.32. The number of allylic oxidation sites excluding steroid dienone is 1. The molecule has 0 amide bonds. The average Bonchev–Trinajstić information content (AvgIpc) is 3.49. The number of hydrogen-bond acceptors (Lipinski definition) is 10. The van der Waals surface area contributed by atoms with Gasteiger partial charge in [0.25, 0.3) is 5.69 Å². The van der Waals surface area contributed by atoms with E-state index in [9.17, 15) is 14.9 Å². The van der Waals surface area contributed by atoms with Crippen molar-refractivity contribution in [2.75, 3.05) is 32.3 Å². The molecule has 11 heteroatoms. The summed E-state index contributed by atoms with van der Waals surface area (Å²) in [6, 6.07) is 22.2. The summed E-state index contributed by atoms with van der Waals surface area (Å²) in [6.45, 7) is 5.30. The summed E-state index contributed by atoms with van der Waals surface area (Å²) in [6.07, 6.45) is 1.31. The standard InChI is InChI=1S/C35H37N3O7S/c1-5-45-35(39)31-23(2)37(21-25-16-17-29(42-3)30(19-25)43-4)34-33(32(31)26-13-9-14-27(20-26)38(40)41)28(36-46-34)15-10-18-44-22-24-11-7-6-8-12-24/h6-9,11-14,16-17,19-20,32H,5,10,15,18,21-22H2,1-4H3. The lowest BCUT2D eigenvalue weighted by atomic mass is 9.80. The van der Waals surface area contributed by atoms with Crippen LogP contribution in [0.5, 0.6) is 11.5 Å². The normalized spacial score (nSPS) is 14.2. The molecule has 0 saturated heterocycles. The molecular formula is C35H37N3O7S. The summed E-state index contributed by atoms with van der Waals surface area (Å²) in [5, 5.41) is 12.7. The van der Waals surface area contributed by atoms with E-state index >= 15 is 0 Å². The van der Waals surface area contributed by atoms with E-state index in [1.54, 1.807) is 27.2 Å². The second-order valence-corrected chi connectivity index (χ2v) is 11.5. The van der Waals surface area contributed by atoms with Gasteiger partial charge in [0.15, 0.2) is 11.5 Å². The smallest absolute Gasteiger partial charge is 0.336 e. The summed E-state index contributed by atoms with van der Waals surface area (Å²) in [4.78, 5) is 27.2. The van der Waals surface area contributed by atoms with E-state index in [2.05, 4.69) is 4.90 Å². The fourth-order valence-electron chi connectivity index (χ4n) is 5.72. The van der Waals surface area contributed by atoms with Crippen LogP contribution in [-0.4, -0.2) is 42.7 Å². The third-order valence-electron chi connectivity index (χ3n) is 7.91. The van der Waals surface area contributed by atoms with E-state index in [1.165, 1.54) is 23.7 Å². The van der Waals surface area contributed by atoms with E-state index in [0.717, 1.165) is 27.4 Å². The highest BCUT2D eigenvalue weighted by Gasteiger charge is 2.40. The van der Waals surface area contributed by atoms with Crippen LogP contribution in [0.3, 0.4) is 0 Å². The van der Waals surface area contributed by atoms with Crippen LogP contribution in [0.2, 0.25) is 0 Å². The Hall–Kier alpha value is -4.74. The molecule has 3 aromatic carbocycles. The SMILES string of the molecule is CCOC(=O)C1=C(C)N(Cc2ccc(OC)c(OC)c2)c2snc(CCCOCc3ccccc3)c2C1c1cccc([N+](=O)[O-])c1. The molecule has 0 aliphatic carbocycles. The predicted molar refractivity (Wildman–Crippen MR) is 177 cm³/mol. The maximum Gasteiger partial charge on any atom is 0.336 e. The molecular weight excluding hydrogens is 606 g/mol. The van der Waals surface area contributed by atoms with Crippen molar-refractivity contribution in [2.24, 2.45) is 0 Å². The van der Waals surface area contributed by atoms with Gasteiger partial charge in [-0.1, -0.05) is 48.5 Å². The Balaban J connectivity index is 1.55. The molecule has 1 aromatic heterocycles. The number of fused-ring (bicyclic) bond motifs is 1. The zero-order valence-corrected chi connectivity index (χ0v) is 27.2. The van der Waals surface area contributed by atoms with Crippen molar-refractivity contribution >= 4 is 28.2 Å². The first-order chi connectivity index (χ1) is 22.4. The molecule has 0 saturated carbocycles. The Kier molecular flexibility index (Phi) is 10.7. The van der Waals surface area contributed by atoms with Crippen LogP contribution in [0.4, 0.5) is 10.7 Å². The number of nitrogens with zero attached hydrogens (tertiary/aromatic N) is 3. The number of aryl methyl sites for hydroxylation is 1. The summed E-state index contributed by atoms with van der Waals surface area (Å²) >= 11 is 1.36. The van der Waals surface area contributed by atoms with Gasteiger partial charge < -0.3 is 23.8 Å². The van der Waals surface area contributed by atoms with E-state index in [4.69, 9.17) is 23.3 Å². The van der Waals surface area contributed by atoms with Crippen molar-refractivity contribution in [1.29, 1.82) is 0 Å². The van der Waals surface area contributed by atoms with Gasteiger partial charge in [0.05, 0.1) is 43.6 Å². The minimum atomic E-state index is -0.602. The number of esters is 1. The van der Waals surface area contributed by atoms with Gasteiger partial charge in [0, 0.05) is 42.5 Å². The van der Waals surface area contributed by atoms with Crippen molar-refractivity contribution in [1.82, 2.24) is 4.37 Å². The van der Waals surface area contributed by atoms with Crippen molar-refractivity contribution in [3.05, 3.63) is 122 Å². The molecule has 46 heavy (non-hydrogen) atoms. The number of ether oxygens (including phenoxy) is 4. The molecule has 1 aliphatic rings. The lowest BCUT2D eigenvalue weighted by molar-refractivity contribution is -0.384. The number of methoxy groups -OCH3 is 2. The first-order valence-electron chi connectivity index (χ1n) is 15.1. The molecule has 0 bridgehead atoms. The van der Waals surface area contributed by atoms with E-state index in [0.29, 0.717) is 60.9 Å². The largest absolute Gasteiger partial charge is 0.493 e. The minimum Gasteiger partial charge on any atom is -0.493 e. The summed E-state index contributed by atoms with van der Waals surface area (Å²) in [5.41, 5.74) is 5.41. The number of nitro groups is 1. The second-order valence-electron chi connectivity index (χ2n) is 10.8. The van der Waals surface area contributed by atoms with Crippen molar-refractivity contribution in [2.45, 2.75) is 45.8 Å². The molecule has 5 rings (SSSR count). The summed E-state index contributed by atoms with van der Waals surface area (Å²) in [7, 11) is 3.18. The van der Waals surface area contributed by atoms with Gasteiger partial charge in [0.2, 0.25) is 0 Å². The molecule has 4 aromatic rings. The number of non-ortho nitro benzene ring substituents is 1. The highest BCUT2D eigenvalue weighted by molar-refractivity contribution is 7.10. The zero-order valence-electron chi connectivity index (χ0n) is 26.4. The first-order valence-corrected chi connectivity index (χ1v) is 15.8. The minimum absolute atomic E-state index is 0.0493.